The largest absolute Gasteiger partial charge is 0.481 e. The first kappa shape index (κ1) is 16.4. The number of carboxylic acids is 1. The number of aliphatic carboxylic acids is 1. The average Bonchev–Trinajstić information content (AvgIpc) is 2.24. The molecule has 0 aromatic carbocycles. The third kappa shape index (κ3) is 5.46. The Labute approximate surface area is 115 Å². The number of hydrogen-bond donors (Lipinski definition) is 2. The summed E-state index contributed by atoms with van der Waals surface area (Å²) in [5.74, 6) is -0.410. The molecule has 6 nitrogen and oxygen atoms in total. The van der Waals surface area contributed by atoms with E-state index in [9.17, 15) is 13.2 Å². The van der Waals surface area contributed by atoms with Crippen LogP contribution in [0.5, 0.6) is 0 Å². The summed E-state index contributed by atoms with van der Waals surface area (Å²) < 4.78 is 28.2. The van der Waals surface area contributed by atoms with E-state index in [0.717, 1.165) is 6.42 Å². The summed E-state index contributed by atoms with van der Waals surface area (Å²) in [4.78, 5) is 10.5. The standard InChI is InChI=1S/C12H24N2O4S/c1-9(5-12(15)16)6-13-19(17,18)14-7-10(2)4-11(3)8-14/h9-11,13H,4-8H2,1-3H3,(H,15,16). The van der Waals surface area contributed by atoms with E-state index in [2.05, 4.69) is 4.72 Å². The summed E-state index contributed by atoms with van der Waals surface area (Å²) in [6.07, 6.45) is 1.01. The minimum absolute atomic E-state index is 0.0324. The number of nitrogens with zero attached hydrogens (tertiary/aromatic N) is 1. The van der Waals surface area contributed by atoms with E-state index in [0.29, 0.717) is 24.9 Å². The molecule has 0 amide bonds. The molecule has 1 heterocycles. The fourth-order valence-electron chi connectivity index (χ4n) is 2.51. The molecule has 0 spiro atoms. The van der Waals surface area contributed by atoms with Gasteiger partial charge in [0.15, 0.2) is 0 Å². The van der Waals surface area contributed by atoms with Crippen LogP contribution in [0.25, 0.3) is 0 Å². The number of carbonyl (C=O) groups is 1. The molecular formula is C12H24N2O4S. The van der Waals surface area contributed by atoms with Gasteiger partial charge in [0.2, 0.25) is 0 Å². The molecule has 3 atom stereocenters. The van der Waals surface area contributed by atoms with E-state index < -0.39 is 16.2 Å². The van der Waals surface area contributed by atoms with Gasteiger partial charge in [-0.1, -0.05) is 20.8 Å². The number of rotatable bonds is 6. The van der Waals surface area contributed by atoms with Crippen LogP contribution in [0.1, 0.15) is 33.6 Å². The van der Waals surface area contributed by atoms with Gasteiger partial charge in [-0.15, -0.1) is 0 Å². The Bertz CT molecular complexity index is 400. The predicted octanol–water partition coefficient (Wildman–Crippen LogP) is 0.910. The number of carboxylic acid groups (broad SMARTS) is 1. The average molecular weight is 292 g/mol. The first-order chi connectivity index (χ1) is 8.70. The molecule has 0 aromatic heterocycles. The van der Waals surface area contributed by atoms with Gasteiger partial charge in [-0.3, -0.25) is 4.79 Å². The van der Waals surface area contributed by atoms with E-state index in [4.69, 9.17) is 5.11 Å². The summed E-state index contributed by atoms with van der Waals surface area (Å²) >= 11 is 0. The predicted molar refractivity (Wildman–Crippen MR) is 72.9 cm³/mol. The number of hydrogen-bond acceptors (Lipinski definition) is 3. The minimum atomic E-state index is -3.49. The molecule has 1 aliphatic rings. The summed E-state index contributed by atoms with van der Waals surface area (Å²) in [5.41, 5.74) is 0. The van der Waals surface area contributed by atoms with Crippen molar-refractivity contribution in [3.8, 4) is 0 Å². The lowest BCUT2D eigenvalue weighted by Gasteiger charge is -2.34. The zero-order chi connectivity index (χ0) is 14.6. The zero-order valence-corrected chi connectivity index (χ0v) is 12.6. The van der Waals surface area contributed by atoms with Gasteiger partial charge in [0.25, 0.3) is 10.2 Å². The van der Waals surface area contributed by atoms with Crippen molar-refractivity contribution in [3.63, 3.8) is 0 Å². The molecule has 3 unspecified atom stereocenters. The van der Waals surface area contributed by atoms with Crippen molar-refractivity contribution in [1.82, 2.24) is 9.03 Å². The summed E-state index contributed by atoms with van der Waals surface area (Å²) in [6, 6.07) is 0. The molecule has 7 heteroatoms. The third-order valence-electron chi connectivity index (χ3n) is 3.31. The molecule has 1 saturated heterocycles. The Morgan fingerprint density at radius 3 is 2.37 bits per heavy atom. The first-order valence-corrected chi connectivity index (χ1v) is 8.11. The lowest BCUT2D eigenvalue weighted by molar-refractivity contribution is -0.137. The monoisotopic (exact) mass is 292 g/mol. The van der Waals surface area contributed by atoms with Crippen molar-refractivity contribution in [1.29, 1.82) is 0 Å². The SMILES string of the molecule is CC(CNS(=O)(=O)N1CC(C)CC(C)C1)CC(=O)O. The van der Waals surface area contributed by atoms with Gasteiger partial charge in [-0.2, -0.15) is 12.7 Å². The topological polar surface area (TPSA) is 86.7 Å². The normalized spacial score (nSPS) is 27.1. The molecule has 0 radical (unpaired) electrons. The Balaban J connectivity index is 2.53. The highest BCUT2D eigenvalue weighted by Crippen LogP contribution is 2.22. The minimum Gasteiger partial charge on any atom is -0.481 e. The molecule has 112 valence electrons. The first-order valence-electron chi connectivity index (χ1n) is 6.67. The number of nitrogens with one attached hydrogen (secondary N) is 1. The molecule has 1 aliphatic heterocycles. The van der Waals surface area contributed by atoms with Gasteiger partial charge in [-0.05, 0) is 24.2 Å². The van der Waals surface area contributed by atoms with E-state index in [1.165, 1.54) is 4.31 Å². The van der Waals surface area contributed by atoms with Crippen LogP contribution in [0.4, 0.5) is 0 Å². The van der Waals surface area contributed by atoms with Crippen LogP contribution >= 0.6 is 0 Å². The fourth-order valence-corrected chi connectivity index (χ4v) is 4.09. The van der Waals surface area contributed by atoms with Crippen molar-refractivity contribution in [2.45, 2.75) is 33.6 Å². The van der Waals surface area contributed by atoms with Crippen molar-refractivity contribution >= 4 is 16.2 Å². The van der Waals surface area contributed by atoms with Crippen molar-refractivity contribution < 1.29 is 18.3 Å². The molecular weight excluding hydrogens is 268 g/mol. The zero-order valence-electron chi connectivity index (χ0n) is 11.8. The van der Waals surface area contributed by atoms with E-state index in [1.807, 2.05) is 13.8 Å². The maximum absolute atomic E-state index is 12.1. The van der Waals surface area contributed by atoms with Crippen LogP contribution in [-0.2, 0) is 15.0 Å². The van der Waals surface area contributed by atoms with Gasteiger partial charge in [0.1, 0.15) is 0 Å². The van der Waals surface area contributed by atoms with Gasteiger partial charge in [0.05, 0.1) is 0 Å². The molecule has 2 N–H and O–H groups in total. The molecule has 0 bridgehead atoms. The molecule has 19 heavy (non-hydrogen) atoms. The Morgan fingerprint density at radius 2 is 1.89 bits per heavy atom. The Kier molecular flexibility index (Phi) is 5.76. The van der Waals surface area contributed by atoms with Gasteiger partial charge >= 0.3 is 5.97 Å². The second kappa shape index (κ2) is 6.67. The lowest BCUT2D eigenvalue weighted by atomic mass is 9.94. The molecule has 1 fully saturated rings. The quantitative estimate of drug-likeness (QED) is 0.762. The highest BCUT2D eigenvalue weighted by atomic mass is 32.2. The molecule has 0 saturated carbocycles. The van der Waals surface area contributed by atoms with E-state index in [-0.39, 0.29) is 18.9 Å². The Hall–Kier alpha value is -0.660. The van der Waals surface area contributed by atoms with Crippen LogP contribution in [0.2, 0.25) is 0 Å². The molecule has 0 aliphatic carbocycles. The lowest BCUT2D eigenvalue weighted by Crippen LogP contribution is -2.48. The fraction of sp³-hybridized carbons (Fsp3) is 0.917. The maximum atomic E-state index is 12.1. The van der Waals surface area contributed by atoms with Crippen LogP contribution in [0.3, 0.4) is 0 Å². The highest BCUT2D eigenvalue weighted by Gasteiger charge is 2.30. The smallest absolute Gasteiger partial charge is 0.303 e. The van der Waals surface area contributed by atoms with Crippen molar-refractivity contribution in [2.75, 3.05) is 19.6 Å². The van der Waals surface area contributed by atoms with E-state index >= 15 is 0 Å². The van der Waals surface area contributed by atoms with Gasteiger partial charge in [0, 0.05) is 26.1 Å². The van der Waals surface area contributed by atoms with Crippen molar-refractivity contribution in [3.05, 3.63) is 0 Å². The highest BCUT2D eigenvalue weighted by molar-refractivity contribution is 7.87. The second-order valence-corrected chi connectivity index (χ2v) is 7.57. The molecule has 1 rings (SSSR count). The molecule has 0 aromatic rings. The van der Waals surface area contributed by atoms with E-state index in [1.54, 1.807) is 6.92 Å². The van der Waals surface area contributed by atoms with Crippen molar-refractivity contribution in [2.24, 2.45) is 17.8 Å². The van der Waals surface area contributed by atoms with Gasteiger partial charge < -0.3 is 5.11 Å². The summed E-state index contributed by atoms with van der Waals surface area (Å²) in [6.45, 7) is 7.04. The van der Waals surface area contributed by atoms with Gasteiger partial charge in [-0.25, -0.2) is 4.72 Å². The summed E-state index contributed by atoms with van der Waals surface area (Å²) in [5, 5.41) is 8.64. The van der Waals surface area contributed by atoms with Crippen LogP contribution in [0.15, 0.2) is 0 Å². The van der Waals surface area contributed by atoms with Crippen LogP contribution in [-0.4, -0.2) is 43.4 Å². The van der Waals surface area contributed by atoms with Crippen LogP contribution in [0, 0.1) is 17.8 Å². The van der Waals surface area contributed by atoms with Crippen LogP contribution < -0.4 is 4.72 Å². The Morgan fingerprint density at radius 1 is 1.37 bits per heavy atom. The summed E-state index contributed by atoms with van der Waals surface area (Å²) in [7, 11) is -3.49. The maximum Gasteiger partial charge on any atom is 0.303 e. The third-order valence-corrected chi connectivity index (χ3v) is 4.82. The second-order valence-electron chi connectivity index (χ2n) is 5.82. The number of piperidine rings is 1.